The van der Waals surface area contributed by atoms with Crippen molar-refractivity contribution in [1.82, 2.24) is 9.97 Å². The quantitative estimate of drug-likeness (QED) is 0.486. The van der Waals surface area contributed by atoms with E-state index in [0.29, 0.717) is 0 Å². The highest BCUT2D eigenvalue weighted by Crippen LogP contribution is 2.20. The summed E-state index contributed by atoms with van der Waals surface area (Å²) < 4.78 is 0. The van der Waals surface area contributed by atoms with Crippen molar-refractivity contribution in [3.63, 3.8) is 0 Å². The number of hydrogen-bond acceptors (Lipinski definition) is 6. The molecule has 0 aliphatic carbocycles. The van der Waals surface area contributed by atoms with E-state index in [4.69, 9.17) is 10.2 Å². The summed E-state index contributed by atoms with van der Waals surface area (Å²) in [4.78, 5) is 27.8. The van der Waals surface area contributed by atoms with Gasteiger partial charge in [-0.25, -0.2) is 9.97 Å². The summed E-state index contributed by atoms with van der Waals surface area (Å²) >= 11 is 0. The van der Waals surface area contributed by atoms with Crippen LogP contribution in [0.1, 0.15) is 12.8 Å². The molecule has 2 heterocycles. The van der Waals surface area contributed by atoms with Gasteiger partial charge in [-0.2, -0.15) is 0 Å². The van der Waals surface area contributed by atoms with E-state index >= 15 is 0 Å². The Hall–Kier alpha value is -3.94. The van der Waals surface area contributed by atoms with Gasteiger partial charge in [0.25, 0.3) is 0 Å². The molecular weight excluding hydrogens is 360 g/mol. The van der Waals surface area contributed by atoms with Crippen LogP contribution in [0.5, 0.6) is 0 Å². The molecule has 28 heavy (non-hydrogen) atoms. The molecular formula is C20H20N4O4. The van der Waals surface area contributed by atoms with Gasteiger partial charge in [-0.15, -0.1) is 0 Å². The summed E-state index contributed by atoms with van der Waals surface area (Å²) in [6.07, 6.45) is 2.93. The largest absolute Gasteiger partial charge is 0.481 e. The van der Waals surface area contributed by atoms with Gasteiger partial charge in [-0.3, -0.25) is 9.59 Å². The Bertz CT molecular complexity index is 818. The van der Waals surface area contributed by atoms with E-state index in [1.54, 1.807) is 12.4 Å². The van der Waals surface area contributed by atoms with E-state index in [1.165, 1.54) is 0 Å². The van der Waals surface area contributed by atoms with Crippen molar-refractivity contribution in [2.75, 3.05) is 10.6 Å². The molecule has 0 aliphatic rings. The van der Waals surface area contributed by atoms with Gasteiger partial charge >= 0.3 is 11.9 Å². The summed E-state index contributed by atoms with van der Waals surface area (Å²) in [6, 6.07) is 19.5. The highest BCUT2D eigenvalue weighted by atomic mass is 16.4. The van der Waals surface area contributed by atoms with Crippen molar-refractivity contribution in [2.45, 2.75) is 12.8 Å². The molecule has 0 saturated carbocycles. The second kappa shape index (κ2) is 10.9. The van der Waals surface area contributed by atoms with Crippen molar-refractivity contribution >= 4 is 34.9 Å². The van der Waals surface area contributed by atoms with Crippen LogP contribution in [-0.2, 0) is 9.59 Å². The number of nitrogens with zero attached hydrogens (tertiary/aromatic N) is 2. The van der Waals surface area contributed by atoms with Crippen LogP contribution in [-0.4, -0.2) is 32.1 Å². The Labute approximate surface area is 161 Å². The van der Waals surface area contributed by atoms with Gasteiger partial charge in [0.05, 0.1) is 12.8 Å². The Morgan fingerprint density at radius 1 is 0.714 bits per heavy atom. The number of benzene rings is 1. The van der Waals surface area contributed by atoms with E-state index in [0.717, 1.165) is 23.0 Å². The SMILES string of the molecule is O=C(O)CCC(=O)O.c1ccc(Nc2cccc(Nc3ccccn3)c2)nc1. The highest BCUT2D eigenvalue weighted by molar-refractivity contribution is 5.75. The molecule has 3 aromatic rings. The predicted octanol–water partition coefficient (Wildman–Crippen LogP) is 3.90. The molecule has 4 N–H and O–H groups in total. The van der Waals surface area contributed by atoms with Gasteiger partial charge in [0.2, 0.25) is 0 Å². The minimum Gasteiger partial charge on any atom is -0.481 e. The molecule has 0 bridgehead atoms. The minimum absolute atomic E-state index is 0.296. The number of anilines is 4. The van der Waals surface area contributed by atoms with Gasteiger partial charge < -0.3 is 20.8 Å². The van der Waals surface area contributed by atoms with E-state index in [9.17, 15) is 9.59 Å². The topological polar surface area (TPSA) is 124 Å². The summed E-state index contributed by atoms with van der Waals surface area (Å²) in [6.45, 7) is 0. The molecule has 3 rings (SSSR count). The number of nitrogens with one attached hydrogen (secondary N) is 2. The van der Waals surface area contributed by atoms with Crippen molar-refractivity contribution in [1.29, 1.82) is 0 Å². The first-order valence-corrected chi connectivity index (χ1v) is 8.42. The predicted molar refractivity (Wildman–Crippen MR) is 106 cm³/mol. The van der Waals surface area contributed by atoms with Crippen molar-refractivity contribution in [3.8, 4) is 0 Å². The number of hydrogen-bond donors (Lipinski definition) is 4. The maximum atomic E-state index is 9.64. The summed E-state index contributed by atoms with van der Waals surface area (Å²) in [5.74, 6) is -0.509. The monoisotopic (exact) mass is 380 g/mol. The Kier molecular flexibility index (Phi) is 7.94. The number of carbonyl (C=O) groups is 2. The third-order valence-corrected chi connectivity index (χ3v) is 3.29. The van der Waals surface area contributed by atoms with E-state index in [-0.39, 0.29) is 12.8 Å². The molecule has 1 aromatic carbocycles. The average Bonchev–Trinajstić information content (AvgIpc) is 2.69. The third-order valence-electron chi connectivity index (χ3n) is 3.29. The maximum Gasteiger partial charge on any atom is 0.303 e. The van der Waals surface area contributed by atoms with Crippen molar-refractivity contribution in [3.05, 3.63) is 73.1 Å². The van der Waals surface area contributed by atoms with Gasteiger partial charge in [0.15, 0.2) is 0 Å². The van der Waals surface area contributed by atoms with Crippen molar-refractivity contribution in [2.24, 2.45) is 0 Å². The van der Waals surface area contributed by atoms with E-state index in [1.807, 2.05) is 60.7 Å². The third kappa shape index (κ3) is 7.96. The molecule has 0 atom stereocenters. The first-order chi connectivity index (χ1) is 13.5. The Morgan fingerprint density at radius 2 is 1.18 bits per heavy atom. The fourth-order valence-electron chi connectivity index (χ4n) is 2.06. The molecule has 0 radical (unpaired) electrons. The number of pyridine rings is 2. The molecule has 2 aromatic heterocycles. The standard InChI is InChI=1S/C16H14N4.C4H6O4/c1-3-10-17-15(8-1)19-13-6-5-7-14(12-13)20-16-9-2-4-11-18-16;5-3(6)1-2-4(7)8/h1-12H,(H,17,19)(H,18,20);1-2H2,(H,5,6)(H,7,8). The van der Waals surface area contributed by atoms with Crippen LogP contribution in [0.3, 0.4) is 0 Å². The first-order valence-electron chi connectivity index (χ1n) is 8.42. The summed E-state index contributed by atoms with van der Waals surface area (Å²) in [5.41, 5.74) is 1.95. The van der Waals surface area contributed by atoms with Crippen LogP contribution in [0.4, 0.5) is 23.0 Å². The normalized spacial score (nSPS) is 9.57. The van der Waals surface area contributed by atoms with Gasteiger partial charge in [0, 0.05) is 23.8 Å². The second-order valence-electron chi connectivity index (χ2n) is 5.55. The minimum atomic E-state index is -1.08. The summed E-state index contributed by atoms with van der Waals surface area (Å²) in [5, 5.41) is 22.3. The van der Waals surface area contributed by atoms with Crippen LogP contribution >= 0.6 is 0 Å². The van der Waals surface area contributed by atoms with Gasteiger partial charge in [-0.05, 0) is 42.5 Å². The molecule has 0 spiro atoms. The van der Waals surface area contributed by atoms with Crippen LogP contribution in [0.15, 0.2) is 73.1 Å². The smallest absolute Gasteiger partial charge is 0.303 e. The molecule has 0 aliphatic heterocycles. The molecule has 0 unspecified atom stereocenters. The number of aromatic nitrogens is 2. The molecule has 144 valence electrons. The first kappa shape index (κ1) is 20.4. The van der Waals surface area contributed by atoms with E-state index < -0.39 is 11.9 Å². The molecule has 0 fully saturated rings. The fraction of sp³-hybridized carbons (Fsp3) is 0.100. The number of carboxylic acid groups (broad SMARTS) is 2. The lowest BCUT2D eigenvalue weighted by molar-refractivity contribution is -0.143. The van der Waals surface area contributed by atoms with Crippen molar-refractivity contribution < 1.29 is 19.8 Å². The van der Waals surface area contributed by atoms with Crippen LogP contribution in [0.25, 0.3) is 0 Å². The zero-order valence-electron chi connectivity index (χ0n) is 14.9. The molecule has 8 nitrogen and oxygen atoms in total. The average molecular weight is 380 g/mol. The lowest BCUT2D eigenvalue weighted by Crippen LogP contribution is -2.00. The van der Waals surface area contributed by atoms with Crippen LogP contribution < -0.4 is 10.6 Å². The Balaban J connectivity index is 0.000000300. The maximum absolute atomic E-state index is 9.64. The number of rotatable bonds is 7. The van der Waals surface area contributed by atoms with Crippen LogP contribution in [0.2, 0.25) is 0 Å². The zero-order valence-corrected chi connectivity index (χ0v) is 14.9. The van der Waals surface area contributed by atoms with Gasteiger partial charge in [0.1, 0.15) is 11.6 Å². The molecule has 0 amide bonds. The zero-order chi connectivity index (χ0) is 20.2. The second-order valence-corrected chi connectivity index (χ2v) is 5.55. The fourth-order valence-corrected chi connectivity index (χ4v) is 2.06. The van der Waals surface area contributed by atoms with Gasteiger partial charge in [-0.1, -0.05) is 18.2 Å². The number of carboxylic acids is 2. The van der Waals surface area contributed by atoms with Crippen LogP contribution in [0, 0.1) is 0 Å². The summed E-state index contributed by atoms with van der Waals surface area (Å²) in [7, 11) is 0. The lowest BCUT2D eigenvalue weighted by atomic mass is 10.2. The number of aliphatic carboxylic acids is 2. The molecule has 0 saturated heterocycles. The lowest BCUT2D eigenvalue weighted by Gasteiger charge is -2.09. The Morgan fingerprint density at radius 3 is 1.54 bits per heavy atom. The molecule has 8 heteroatoms. The van der Waals surface area contributed by atoms with E-state index in [2.05, 4.69) is 20.6 Å². The highest BCUT2D eigenvalue weighted by Gasteiger charge is 2.00.